The van der Waals surface area contributed by atoms with E-state index >= 15 is 0 Å². The maximum absolute atomic E-state index is 9.14. The largest absolute Gasteiger partial charge is 0.497 e. The number of nitrogens with zero attached hydrogens (tertiary/aromatic N) is 4. The maximum atomic E-state index is 9.14. The number of nitriles is 1. The predicted octanol–water partition coefficient (Wildman–Crippen LogP) is 4.26. The van der Waals surface area contributed by atoms with Crippen LogP contribution in [-0.2, 0) is 0 Å². The Morgan fingerprint density at radius 3 is 2.60 bits per heavy atom. The fourth-order valence-corrected chi connectivity index (χ4v) is 3.16. The molecule has 0 unspecified atom stereocenters. The van der Waals surface area contributed by atoms with Gasteiger partial charge in [0.1, 0.15) is 5.75 Å². The van der Waals surface area contributed by atoms with E-state index in [9.17, 15) is 0 Å². The molecule has 3 aromatic rings. The molecule has 5 nitrogen and oxygen atoms in total. The Balaban J connectivity index is 2.15. The molecule has 1 atom stereocenters. The molecule has 0 radical (unpaired) electrons. The molecule has 0 amide bonds. The number of thioether (sulfide) groups is 1. The van der Waals surface area contributed by atoms with Crippen molar-refractivity contribution in [2.45, 2.75) is 24.3 Å². The Morgan fingerprint density at radius 2 is 1.92 bits per heavy atom. The molecule has 6 heteroatoms. The van der Waals surface area contributed by atoms with Gasteiger partial charge in [0.25, 0.3) is 0 Å². The van der Waals surface area contributed by atoms with Crippen LogP contribution in [0.5, 0.6) is 5.75 Å². The molecule has 0 aliphatic carbocycles. The van der Waals surface area contributed by atoms with E-state index in [1.54, 1.807) is 7.11 Å². The van der Waals surface area contributed by atoms with Crippen molar-refractivity contribution in [3.63, 3.8) is 0 Å². The topological polar surface area (TPSA) is 63.7 Å². The summed E-state index contributed by atoms with van der Waals surface area (Å²) in [6.45, 7) is 3.90. The molecule has 25 heavy (non-hydrogen) atoms. The number of rotatable bonds is 5. The monoisotopic (exact) mass is 350 g/mol. The molecular weight excluding hydrogens is 332 g/mol. The van der Waals surface area contributed by atoms with Crippen LogP contribution in [0.2, 0.25) is 0 Å². The summed E-state index contributed by atoms with van der Waals surface area (Å²) in [7, 11) is 1.64. The fourth-order valence-electron chi connectivity index (χ4n) is 2.41. The lowest BCUT2D eigenvalue weighted by molar-refractivity contribution is 0.415. The van der Waals surface area contributed by atoms with Crippen LogP contribution in [0, 0.1) is 18.3 Å². The van der Waals surface area contributed by atoms with Crippen molar-refractivity contribution in [3.05, 3.63) is 54.1 Å². The zero-order chi connectivity index (χ0) is 17.8. The molecule has 2 aromatic carbocycles. The van der Waals surface area contributed by atoms with Crippen LogP contribution in [0.4, 0.5) is 0 Å². The van der Waals surface area contributed by atoms with Gasteiger partial charge in [-0.05, 0) is 38.1 Å². The molecule has 0 bridgehead atoms. The minimum absolute atomic E-state index is 0.216. The summed E-state index contributed by atoms with van der Waals surface area (Å²) in [5, 5.41) is 18.3. The summed E-state index contributed by atoms with van der Waals surface area (Å²) < 4.78 is 7.30. The summed E-state index contributed by atoms with van der Waals surface area (Å²) in [4.78, 5) is 0. The van der Waals surface area contributed by atoms with Crippen molar-refractivity contribution in [3.8, 4) is 28.9 Å². The molecular formula is C19H18N4OS. The Bertz CT molecular complexity index is 912. The molecule has 0 fully saturated rings. The summed E-state index contributed by atoms with van der Waals surface area (Å²) in [5.74, 6) is 1.48. The van der Waals surface area contributed by atoms with Gasteiger partial charge in [0.15, 0.2) is 11.0 Å². The number of ether oxygens (including phenoxy) is 1. The molecule has 126 valence electrons. The quantitative estimate of drug-likeness (QED) is 0.644. The summed E-state index contributed by atoms with van der Waals surface area (Å²) in [6.07, 6.45) is 0. The van der Waals surface area contributed by atoms with E-state index in [4.69, 9.17) is 10.00 Å². The Labute approximate surface area is 151 Å². The molecule has 0 aliphatic heterocycles. The second kappa shape index (κ2) is 7.41. The van der Waals surface area contributed by atoms with Crippen LogP contribution in [0.25, 0.3) is 17.1 Å². The summed E-state index contributed by atoms with van der Waals surface area (Å²) in [6, 6.07) is 18.1. The number of benzene rings is 2. The number of aromatic nitrogens is 3. The van der Waals surface area contributed by atoms with Gasteiger partial charge in [-0.15, -0.1) is 10.2 Å². The zero-order valence-electron chi connectivity index (χ0n) is 14.3. The molecule has 0 saturated carbocycles. The van der Waals surface area contributed by atoms with Gasteiger partial charge in [-0.3, -0.25) is 4.57 Å². The van der Waals surface area contributed by atoms with E-state index < -0.39 is 0 Å². The van der Waals surface area contributed by atoms with E-state index in [0.717, 1.165) is 22.8 Å². The lowest BCUT2D eigenvalue weighted by atomic mass is 10.2. The van der Waals surface area contributed by atoms with Crippen LogP contribution in [0.1, 0.15) is 12.5 Å². The van der Waals surface area contributed by atoms with Crippen molar-refractivity contribution >= 4 is 11.8 Å². The highest BCUT2D eigenvalue weighted by Crippen LogP contribution is 2.31. The number of hydrogen-bond acceptors (Lipinski definition) is 5. The van der Waals surface area contributed by atoms with E-state index in [0.29, 0.717) is 5.16 Å². The van der Waals surface area contributed by atoms with Crippen molar-refractivity contribution in [2.75, 3.05) is 7.11 Å². The van der Waals surface area contributed by atoms with E-state index in [1.165, 1.54) is 17.3 Å². The molecule has 1 aromatic heterocycles. The highest BCUT2D eigenvalue weighted by Gasteiger charge is 2.18. The smallest absolute Gasteiger partial charge is 0.197 e. The van der Waals surface area contributed by atoms with Crippen molar-refractivity contribution in [2.24, 2.45) is 0 Å². The minimum atomic E-state index is -0.216. The molecule has 0 N–H and O–H groups in total. The SMILES string of the molecule is COc1cccc(-c2nnc(S[C@@H](C)C#N)n2-c2ccc(C)cc2)c1. The lowest BCUT2D eigenvalue weighted by Gasteiger charge is -2.11. The second-order valence-electron chi connectivity index (χ2n) is 5.60. The number of methoxy groups -OCH3 is 1. The Hall–Kier alpha value is -2.78. The summed E-state index contributed by atoms with van der Waals surface area (Å²) in [5.41, 5.74) is 3.05. The first-order chi connectivity index (χ1) is 12.1. The Kier molecular flexibility index (Phi) is 5.05. The van der Waals surface area contributed by atoms with Crippen LogP contribution in [-0.4, -0.2) is 27.1 Å². The van der Waals surface area contributed by atoms with E-state index in [1.807, 2.05) is 66.9 Å². The standard InChI is InChI=1S/C19H18N4OS/c1-13-7-9-16(10-8-13)23-18(15-5-4-6-17(11-15)24-3)21-22-19(23)25-14(2)12-20/h4-11,14H,1-3H3/t14-/m0/s1. The number of hydrogen-bond donors (Lipinski definition) is 0. The number of aryl methyl sites for hydroxylation is 1. The maximum Gasteiger partial charge on any atom is 0.197 e. The molecule has 0 saturated heterocycles. The second-order valence-corrected chi connectivity index (χ2v) is 6.91. The predicted molar refractivity (Wildman–Crippen MR) is 99.0 cm³/mol. The van der Waals surface area contributed by atoms with Crippen molar-refractivity contribution in [1.29, 1.82) is 5.26 Å². The lowest BCUT2D eigenvalue weighted by Crippen LogP contribution is -2.02. The first kappa shape index (κ1) is 17.1. The van der Waals surface area contributed by atoms with Gasteiger partial charge in [0.05, 0.1) is 18.4 Å². The minimum Gasteiger partial charge on any atom is -0.497 e. The molecule has 1 heterocycles. The summed E-state index contributed by atoms with van der Waals surface area (Å²) >= 11 is 1.39. The zero-order valence-corrected chi connectivity index (χ0v) is 15.1. The van der Waals surface area contributed by atoms with Crippen LogP contribution in [0.3, 0.4) is 0 Å². The van der Waals surface area contributed by atoms with Gasteiger partial charge in [-0.2, -0.15) is 5.26 Å². The first-order valence-electron chi connectivity index (χ1n) is 7.85. The van der Waals surface area contributed by atoms with Gasteiger partial charge in [0, 0.05) is 11.3 Å². The Morgan fingerprint density at radius 1 is 1.16 bits per heavy atom. The van der Waals surface area contributed by atoms with Gasteiger partial charge in [-0.1, -0.05) is 41.6 Å². The molecule has 0 aliphatic rings. The normalized spacial score (nSPS) is 11.8. The van der Waals surface area contributed by atoms with E-state index in [2.05, 4.69) is 16.3 Å². The third-order valence-corrected chi connectivity index (χ3v) is 4.65. The van der Waals surface area contributed by atoms with Crippen molar-refractivity contribution < 1.29 is 4.74 Å². The third kappa shape index (κ3) is 3.67. The first-order valence-corrected chi connectivity index (χ1v) is 8.73. The van der Waals surface area contributed by atoms with Crippen LogP contribution < -0.4 is 4.74 Å². The molecule has 0 spiro atoms. The van der Waals surface area contributed by atoms with Gasteiger partial charge < -0.3 is 4.74 Å². The average molecular weight is 350 g/mol. The van der Waals surface area contributed by atoms with Crippen LogP contribution in [0.15, 0.2) is 53.7 Å². The highest BCUT2D eigenvalue weighted by atomic mass is 32.2. The average Bonchev–Trinajstić information content (AvgIpc) is 3.05. The van der Waals surface area contributed by atoms with Gasteiger partial charge in [-0.25, -0.2) is 0 Å². The van der Waals surface area contributed by atoms with Gasteiger partial charge >= 0.3 is 0 Å². The van der Waals surface area contributed by atoms with Crippen LogP contribution >= 0.6 is 11.8 Å². The van der Waals surface area contributed by atoms with E-state index in [-0.39, 0.29) is 5.25 Å². The molecule has 3 rings (SSSR count). The third-order valence-electron chi connectivity index (χ3n) is 3.72. The van der Waals surface area contributed by atoms with Crippen molar-refractivity contribution in [1.82, 2.24) is 14.8 Å². The van der Waals surface area contributed by atoms with Gasteiger partial charge in [0.2, 0.25) is 0 Å². The fraction of sp³-hybridized carbons (Fsp3) is 0.211. The highest BCUT2D eigenvalue weighted by molar-refractivity contribution is 8.00.